The molecule has 43 heavy (non-hydrogen) atoms. The molecule has 14 unspecified atom stereocenters. The van der Waals surface area contributed by atoms with Crippen LogP contribution in [0.4, 0.5) is 0 Å². The van der Waals surface area contributed by atoms with Gasteiger partial charge in [-0.05, 0) is 160 Å². The number of hydrogen-bond donors (Lipinski definition) is 0. The van der Waals surface area contributed by atoms with E-state index in [2.05, 4.69) is 0 Å². The molecule has 10 saturated carbocycles. The van der Waals surface area contributed by atoms with Crippen LogP contribution in [-0.2, 0) is 0 Å². The van der Waals surface area contributed by atoms with Gasteiger partial charge in [0.05, 0.1) is 0 Å². The molecule has 0 aromatic rings. The summed E-state index contributed by atoms with van der Waals surface area (Å²) in [6.45, 7) is 0. The van der Waals surface area contributed by atoms with Crippen LogP contribution >= 0.6 is 0 Å². The van der Waals surface area contributed by atoms with Crippen molar-refractivity contribution in [3.05, 3.63) is 0 Å². The summed E-state index contributed by atoms with van der Waals surface area (Å²) in [6, 6.07) is 0. The second kappa shape index (κ2) is 14.0. The number of hydrogen-bond acceptors (Lipinski definition) is 0. The summed E-state index contributed by atoms with van der Waals surface area (Å²) in [4.78, 5) is 0. The van der Waals surface area contributed by atoms with Crippen LogP contribution in [0.5, 0.6) is 0 Å². The van der Waals surface area contributed by atoms with Gasteiger partial charge in [-0.2, -0.15) is 0 Å². The van der Waals surface area contributed by atoms with Crippen molar-refractivity contribution in [3.8, 4) is 0 Å². The Labute approximate surface area is 268 Å². The van der Waals surface area contributed by atoms with Crippen LogP contribution < -0.4 is 0 Å². The molecule has 0 N–H and O–H groups in total. The van der Waals surface area contributed by atoms with Crippen LogP contribution in [-0.4, -0.2) is 0 Å². The van der Waals surface area contributed by atoms with E-state index in [0.29, 0.717) is 0 Å². The maximum atomic E-state index is 1.62. The van der Waals surface area contributed by atoms with Crippen LogP contribution in [0.2, 0.25) is 0 Å². The summed E-state index contributed by atoms with van der Waals surface area (Å²) >= 11 is 0. The summed E-state index contributed by atoms with van der Waals surface area (Å²) in [7, 11) is 0. The molecule has 244 valence electrons. The molecule has 10 rings (SSSR count). The molecular weight excluding hydrogens is 516 g/mol. The fraction of sp³-hybridized carbons (Fsp3) is 1.00. The van der Waals surface area contributed by atoms with Crippen LogP contribution in [0.1, 0.15) is 186 Å². The van der Waals surface area contributed by atoms with E-state index in [9.17, 15) is 0 Å². The first-order valence-electron chi connectivity index (χ1n) is 21.3. The number of fused-ring (bicyclic) bond motifs is 11. The van der Waals surface area contributed by atoms with Crippen LogP contribution in [0.3, 0.4) is 0 Å². The normalized spacial score (nSPS) is 51.3. The molecule has 0 spiro atoms. The highest BCUT2D eigenvalue weighted by molar-refractivity contribution is 5.01. The number of rotatable bonds is 0. The van der Waals surface area contributed by atoms with Gasteiger partial charge in [0.15, 0.2) is 0 Å². The molecule has 10 fully saturated rings. The Morgan fingerprint density at radius 3 is 0.837 bits per heavy atom. The summed E-state index contributed by atoms with van der Waals surface area (Å²) in [5.41, 5.74) is 0. The molecule has 0 aromatic carbocycles. The van der Waals surface area contributed by atoms with E-state index in [-0.39, 0.29) is 0 Å². The van der Waals surface area contributed by atoms with Crippen molar-refractivity contribution in [3.63, 3.8) is 0 Å². The SMILES string of the molecule is C1CCC2C(C1)C1CCCCC1C1CCCC21.C1CCC2C(C1)CCC1CCCC12.C1CCC2CC3CCCC3CC2C1. The Balaban J connectivity index is 0.0000000983. The maximum Gasteiger partial charge on any atom is -0.0352 e. The van der Waals surface area contributed by atoms with Gasteiger partial charge in [-0.1, -0.05) is 109 Å². The summed E-state index contributed by atoms with van der Waals surface area (Å²) in [6.07, 6.45) is 45.8. The van der Waals surface area contributed by atoms with Gasteiger partial charge in [0.1, 0.15) is 0 Å². The van der Waals surface area contributed by atoms with Crippen molar-refractivity contribution in [2.24, 2.45) is 82.9 Å². The first kappa shape index (κ1) is 30.3. The minimum Gasteiger partial charge on any atom is -0.0530 e. The van der Waals surface area contributed by atoms with Crippen LogP contribution in [0.25, 0.3) is 0 Å². The third-order valence-corrected chi connectivity index (χ3v) is 17.3. The Hall–Kier alpha value is 0. The quantitative estimate of drug-likeness (QED) is 0.264. The molecule has 10 aliphatic rings. The van der Waals surface area contributed by atoms with E-state index < -0.39 is 0 Å². The highest BCUT2D eigenvalue weighted by atomic mass is 14.6. The maximum absolute atomic E-state index is 1.62. The van der Waals surface area contributed by atoms with Crippen molar-refractivity contribution in [2.45, 2.75) is 186 Å². The molecule has 10 aliphatic carbocycles. The van der Waals surface area contributed by atoms with E-state index >= 15 is 0 Å². The van der Waals surface area contributed by atoms with Gasteiger partial charge in [-0.3, -0.25) is 0 Å². The Kier molecular flexibility index (Phi) is 9.88. The van der Waals surface area contributed by atoms with Gasteiger partial charge in [-0.15, -0.1) is 0 Å². The van der Waals surface area contributed by atoms with E-state index in [1.165, 1.54) is 65.1 Å². The van der Waals surface area contributed by atoms with Gasteiger partial charge >= 0.3 is 0 Å². The van der Waals surface area contributed by atoms with Gasteiger partial charge in [0.2, 0.25) is 0 Å². The lowest BCUT2D eigenvalue weighted by Crippen LogP contribution is -2.46. The van der Waals surface area contributed by atoms with E-state index in [0.717, 1.165) is 17.8 Å². The van der Waals surface area contributed by atoms with Crippen molar-refractivity contribution in [1.29, 1.82) is 0 Å². The Bertz CT molecular complexity index is 823. The Morgan fingerprint density at radius 2 is 0.395 bits per heavy atom. The predicted molar refractivity (Wildman–Crippen MR) is 183 cm³/mol. The molecule has 0 saturated heterocycles. The standard InChI is InChI=1S/C17H28.2C13H22/c1-3-8-14-12(6-1)13-7-2-4-9-15(13)17-11-5-10-16(14)17;1-2-6-12-10(4-1)8-9-11-5-3-7-13(11)12;1-2-5-11-9-13-7-3-6-12(13)8-10(11)4-1/h12-17H,1-11H2;2*10-13H,1-9H2. The molecule has 0 nitrogen and oxygen atoms in total. The second-order valence-corrected chi connectivity index (χ2v) is 18.9. The molecule has 0 aliphatic heterocycles. The van der Waals surface area contributed by atoms with Gasteiger partial charge < -0.3 is 0 Å². The monoisotopic (exact) mass is 589 g/mol. The van der Waals surface area contributed by atoms with Gasteiger partial charge in [0, 0.05) is 0 Å². The molecular formula is C43H72. The third kappa shape index (κ3) is 6.33. The largest absolute Gasteiger partial charge is 0.0530 e. The average molecular weight is 589 g/mol. The summed E-state index contributed by atoms with van der Waals surface area (Å²) < 4.78 is 0. The molecule has 0 heteroatoms. The average Bonchev–Trinajstić information content (AvgIpc) is 3.86. The van der Waals surface area contributed by atoms with Crippen molar-refractivity contribution in [1.82, 2.24) is 0 Å². The van der Waals surface area contributed by atoms with Crippen molar-refractivity contribution >= 4 is 0 Å². The third-order valence-electron chi connectivity index (χ3n) is 17.3. The van der Waals surface area contributed by atoms with Gasteiger partial charge in [-0.25, -0.2) is 0 Å². The van der Waals surface area contributed by atoms with E-state index in [1.54, 1.807) is 186 Å². The van der Waals surface area contributed by atoms with Crippen molar-refractivity contribution < 1.29 is 0 Å². The van der Waals surface area contributed by atoms with E-state index in [4.69, 9.17) is 0 Å². The van der Waals surface area contributed by atoms with Crippen molar-refractivity contribution in [2.75, 3.05) is 0 Å². The zero-order chi connectivity index (χ0) is 28.6. The van der Waals surface area contributed by atoms with E-state index in [1.807, 2.05) is 0 Å². The lowest BCUT2D eigenvalue weighted by molar-refractivity contribution is -0.0484. The zero-order valence-corrected chi connectivity index (χ0v) is 28.6. The predicted octanol–water partition coefficient (Wildman–Crippen LogP) is 13.0. The highest BCUT2D eigenvalue weighted by Crippen LogP contribution is 2.60. The minimum atomic E-state index is 1.16. The first-order chi connectivity index (χ1) is 21.3. The highest BCUT2D eigenvalue weighted by Gasteiger charge is 2.52. The molecule has 14 atom stereocenters. The van der Waals surface area contributed by atoms with Gasteiger partial charge in [0.25, 0.3) is 0 Å². The molecule has 0 bridgehead atoms. The molecule has 0 aromatic heterocycles. The molecule has 0 amide bonds. The summed E-state index contributed by atoms with van der Waals surface area (Å²) in [5.74, 6) is 16.4. The fourth-order valence-electron chi connectivity index (χ4n) is 15.6. The lowest BCUT2D eigenvalue weighted by Gasteiger charge is -2.54. The minimum absolute atomic E-state index is 1.16. The Morgan fingerprint density at radius 1 is 0.163 bits per heavy atom. The topological polar surface area (TPSA) is 0 Å². The molecule has 0 radical (unpaired) electrons. The summed E-state index contributed by atoms with van der Waals surface area (Å²) in [5, 5.41) is 0. The zero-order valence-electron chi connectivity index (χ0n) is 28.6. The first-order valence-corrected chi connectivity index (χ1v) is 21.3. The smallest absolute Gasteiger partial charge is 0.0352 e. The fourth-order valence-corrected chi connectivity index (χ4v) is 15.6. The second-order valence-electron chi connectivity index (χ2n) is 18.9. The lowest BCUT2D eigenvalue weighted by atomic mass is 9.51. The van der Waals surface area contributed by atoms with Crippen LogP contribution in [0, 0.1) is 82.9 Å². The molecule has 0 heterocycles. The van der Waals surface area contributed by atoms with Crippen LogP contribution in [0.15, 0.2) is 0 Å².